The zero-order chi connectivity index (χ0) is 18.0. The minimum Gasteiger partial charge on any atom is -0.369 e. The van der Waals surface area contributed by atoms with Gasteiger partial charge in [-0.15, -0.1) is 0 Å². The molecule has 25 heavy (non-hydrogen) atoms. The first-order valence-corrected chi connectivity index (χ1v) is 8.03. The van der Waals surface area contributed by atoms with Gasteiger partial charge in [-0.3, -0.25) is 9.59 Å². The summed E-state index contributed by atoms with van der Waals surface area (Å²) in [5.74, 6) is -3.45. The van der Waals surface area contributed by atoms with Crippen LogP contribution in [0.3, 0.4) is 0 Å². The Morgan fingerprint density at radius 3 is 2.56 bits per heavy atom. The number of hydrogen-bond donors (Lipinski definition) is 0. The Bertz CT molecular complexity index is 862. The molecule has 128 valence electrons. The van der Waals surface area contributed by atoms with E-state index in [1.165, 1.54) is 22.9 Å². The Morgan fingerprint density at radius 2 is 2.00 bits per heavy atom. The third-order valence-electron chi connectivity index (χ3n) is 4.37. The summed E-state index contributed by atoms with van der Waals surface area (Å²) in [6.07, 6.45) is 4.98. The molecule has 0 amide bonds. The van der Waals surface area contributed by atoms with Crippen LogP contribution in [0.2, 0.25) is 0 Å². The fourth-order valence-corrected chi connectivity index (χ4v) is 3.01. The molecule has 0 bridgehead atoms. The van der Waals surface area contributed by atoms with Crippen molar-refractivity contribution >= 4 is 17.3 Å². The van der Waals surface area contributed by atoms with Crippen molar-refractivity contribution in [2.24, 2.45) is 13.0 Å². The number of carbonyl (C=O) groups is 2. The second-order valence-corrected chi connectivity index (χ2v) is 6.01. The first-order valence-electron chi connectivity index (χ1n) is 8.03. The number of hydrogen-bond acceptors (Lipinski definition) is 5. The highest BCUT2D eigenvalue weighted by Gasteiger charge is 2.31. The number of carbonyl (C=O) groups excluding carboxylic acids is 2. The fourth-order valence-electron chi connectivity index (χ4n) is 3.01. The molecule has 0 aliphatic carbocycles. The van der Waals surface area contributed by atoms with E-state index in [1.807, 2.05) is 4.90 Å². The molecular weight excluding hydrogens is 323 g/mol. The fraction of sp³-hybridized carbons (Fsp3) is 0.333. The lowest BCUT2D eigenvalue weighted by Crippen LogP contribution is -2.26. The van der Waals surface area contributed by atoms with E-state index in [0.29, 0.717) is 5.69 Å². The predicted molar refractivity (Wildman–Crippen MR) is 88.8 cm³/mol. The smallest absolute Gasteiger partial charge is 0.223 e. The van der Waals surface area contributed by atoms with Gasteiger partial charge in [0.25, 0.3) is 0 Å². The maximum absolute atomic E-state index is 14.4. The van der Waals surface area contributed by atoms with E-state index in [0.717, 1.165) is 32.0 Å². The molecule has 0 N–H and O–H groups in total. The summed E-state index contributed by atoms with van der Waals surface area (Å²) < 4.78 is 15.8. The largest absolute Gasteiger partial charge is 0.369 e. The molecule has 1 fully saturated rings. The first-order chi connectivity index (χ1) is 12.0. The summed E-state index contributed by atoms with van der Waals surface area (Å²) in [4.78, 5) is 30.7. The lowest BCUT2D eigenvalue weighted by molar-refractivity contribution is 0.0837. The highest BCUT2D eigenvalue weighted by molar-refractivity contribution is 6.17. The molecule has 6 nitrogen and oxygen atoms in total. The number of ketones is 2. The molecule has 0 saturated carbocycles. The van der Waals surface area contributed by atoms with Gasteiger partial charge in [0.15, 0.2) is 17.5 Å². The van der Waals surface area contributed by atoms with Gasteiger partial charge in [0, 0.05) is 38.1 Å². The molecule has 2 heterocycles. The molecule has 7 heteroatoms. The van der Waals surface area contributed by atoms with Crippen LogP contribution in [0, 0.1) is 23.1 Å². The quantitative estimate of drug-likeness (QED) is 0.617. The number of halogens is 1. The van der Waals surface area contributed by atoms with E-state index in [2.05, 4.69) is 4.98 Å². The van der Waals surface area contributed by atoms with Crippen LogP contribution >= 0.6 is 0 Å². The van der Waals surface area contributed by atoms with E-state index in [-0.39, 0.29) is 11.4 Å². The van der Waals surface area contributed by atoms with Crippen LogP contribution in [0.1, 0.15) is 33.8 Å². The first kappa shape index (κ1) is 16.8. The van der Waals surface area contributed by atoms with Crippen molar-refractivity contribution in [1.29, 1.82) is 5.26 Å². The highest BCUT2D eigenvalue weighted by atomic mass is 19.1. The molecule has 2 aromatic rings. The van der Waals surface area contributed by atoms with Gasteiger partial charge in [-0.25, -0.2) is 9.37 Å². The molecule has 1 aliphatic rings. The van der Waals surface area contributed by atoms with Gasteiger partial charge in [0.2, 0.25) is 5.78 Å². The maximum atomic E-state index is 14.4. The van der Waals surface area contributed by atoms with Crippen molar-refractivity contribution < 1.29 is 14.0 Å². The molecule has 0 radical (unpaired) electrons. The van der Waals surface area contributed by atoms with Crippen molar-refractivity contribution in [3.05, 3.63) is 47.8 Å². The molecule has 1 unspecified atom stereocenters. The molecule has 0 spiro atoms. The van der Waals surface area contributed by atoms with Gasteiger partial charge in [-0.05, 0) is 31.0 Å². The average molecular weight is 340 g/mol. The molecule has 1 aliphatic heterocycles. The third-order valence-corrected chi connectivity index (χ3v) is 4.37. The summed E-state index contributed by atoms with van der Waals surface area (Å²) >= 11 is 0. The number of nitrogens with zero attached hydrogens (tertiary/aromatic N) is 4. The SMILES string of the molecule is Cn1ccnc1C(=O)C(C#N)C(=O)c1ccc(N2CCCC2)c(F)c1. The van der Waals surface area contributed by atoms with E-state index in [4.69, 9.17) is 0 Å². The van der Waals surface area contributed by atoms with Crippen LogP contribution in [-0.2, 0) is 7.05 Å². The second kappa shape index (κ2) is 6.85. The van der Waals surface area contributed by atoms with Crippen LogP contribution in [0.5, 0.6) is 0 Å². The normalized spacial score (nSPS) is 15.0. The number of imidazole rings is 1. The van der Waals surface area contributed by atoms with Gasteiger partial charge in [-0.2, -0.15) is 5.26 Å². The van der Waals surface area contributed by atoms with Crippen molar-refractivity contribution in [3.8, 4) is 6.07 Å². The van der Waals surface area contributed by atoms with Gasteiger partial charge >= 0.3 is 0 Å². The zero-order valence-corrected chi connectivity index (χ0v) is 13.8. The third kappa shape index (κ3) is 3.15. The van der Waals surface area contributed by atoms with Crippen molar-refractivity contribution in [1.82, 2.24) is 9.55 Å². The highest BCUT2D eigenvalue weighted by Crippen LogP contribution is 2.25. The van der Waals surface area contributed by atoms with Gasteiger partial charge in [0.1, 0.15) is 5.82 Å². The number of anilines is 1. The Morgan fingerprint density at radius 1 is 1.28 bits per heavy atom. The topological polar surface area (TPSA) is 79.0 Å². The summed E-state index contributed by atoms with van der Waals surface area (Å²) in [5, 5.41) is 9.28. The number of nitriles is 1. The second-order valence-electron chi connectivity index (χ2n) is 6.01. The van der Waals surface area contributed by atoms with E-state index >= 15 is 0 Å². The number of aryl methyl sites for hydroxylation is 1. The number of rotatable bonds is 5. The van der Waals surface area contributed by atoms with Gasteiger partial charge in [0.05, 0.1) is 11.8 Å². The standard InChI is InChI=1S/C18H17FN4O2/c1-22-9-6-21-18(22)17(25)13(11-20)16(24)12-4-5-15(14(19)10-12)23-7-2-3-8-23/h4-6,9-10,13H,2-3,7-8H2,1H3. The van der Waals surface area contributed by atoms with Crippen LogP contribution in [0.25, 0.3) is 0 Å². The monoisotopic (exact) mass is 340 g/mol. The minimum atomic E-state index is -1.54. The number of benzene rings is 1. The van der Waals surface area contributed by atoms with E-state index in [9.17, 15) is 19.2 Å². The average Bonchev–Trinajstić information content (AvgIpc) is 3.26. The van der Waals surface area contributed by atoms with Crippen molar-refractivity contribution in [2.45, 2.75) is 12.8 Å². The molecular formula is C18H17FN4O2. The van der Waals surface area contributed by atoms with Crippen LogP contribution < -0.4 is 4.90 Å². The van der Waals surface area contributed by atoms with E-state index < -0.39 is 23.3 Å². The van der Waals surface area contributed by atoms with Gasteiger partial charge in [-0.1, -0.05) is 0 Å². The Hall–Kier alpha value is -3.01. The zero-order valence-electron chi connectivity index (χ0n) is 13.8. The lowest BCUT2D eigenvalue weighted by atomic mass is 9.94. The Labute approximate surface area is 144 Å². The molecule has 1 saturated heterocycles. The van der Waals surface area contributed by atoms with Crippen LogP contribution in [0.15, 0.2) is 30.6 Å². The Kier molecular flexibility index (Phi) is 4.61. The predicted octanol–water partition coefficient (Wildman–Crippen LogP) is 2.36. The molecule has 3 rings (SSSR count). The lowest BCUT2D eigenvalue weighted by Gasteiger charge is -2.18. The summed E-state index contributed by atoms with van der Waals surface area (Å²) in [6.45, 7) is 1.56. The van der Waals surface area contributed by atoms with Crippen molar-refractivity contribution in [3.63, 3.8) is 0 Å². The van der Waals surface area contributed by atoms with E-state index in [1.54, 1.807) is 19.3 Å². The summed E-state index contributed by atoms with van der Waals surface area (Å²) in [5.41, 5.74) is 0.451. The van der Waals surface area contributed by atoms with Crippen LogP contribution in [0.4, 0.5) is 10.1 Å². The molecule has 1 aromatic heterocycles. The summed E-state index contributed by atoms with van der Waals surface area (Å²) in [7, 11) is 1.60. The van der Waals surface area contributed by atoms with Gasteiger partial charge < -0.3 is 9.47 Å². The molecule has 1 atom stereocenters. The summed E-state index contributed by atoms with van der Waals surface area (Å²) in [6, 6.07) is 5.83. The minimum absolute atomic E-state index is 0.00885. The maximum Gasteiger partial charge on any atom is 0.223 e. The molecule has 1 aromatic carbocycles. The van der Waals surface area contributed by atoms with Crippen LogP contribution in [-0.4, -0.2) is 34.2 Å². The number of aromatic nitrogens is 2. The van der Waals surface area contributed by atoms with Crippen molar-refractivity contribution in [2.75, 3.05) is 18.0 Å². The Balaban J connectivity index is 1.86. The number of Topliss-reactive ketones (excluding diaryl/α,β-unsaturated/α-hetero) is 2.